The van der Waals surface area contributed by atoms with Gasteiger partial charge in [0.05, 0.1) is 35.5 Å². The fourth-order valence-corrected chi connectivity index (χ4v) is 5.44. The van der Waals surface area contributed by atoms with Crippen LogP contribution in [-0.2, 0) is 34.5 Å². The van der Waals surface area contributed by atoms with E-state index < -0.39 is 81.0 Å². The first-order valence-electron chi connectivity index (χ1n) is 13.8. The zero-order valence-corrected chi connectivity index (χ0v) is 26.9. The maximum atomic E-state index is 13.9. The van der Waals surface area contributed by atoms with Crippen molar-refractivity contribution in [3.63, 3.8) is 0 Å². The molecule has 0 spiro atoms. The van der Waals surface area contributed by atoms with Crippen molar-refractivity contribution in [2.75, 3.05) is 12.0 Å². The van der Waals surface area contributed by atoms with Gasteiger partial charge in [-0.1, -0.05) is 34.8 Å². The van der Waals surface area contributed by atoms with Crippen LogP contribution in [0, 0.1) is 5.92 Å². The molecule has 1 saturated carbocycles. The van der Waals surface area contributed by atoms with Gasteiger partial charge in [0, 0.05) is 12.6 Å². The van der Waals surface area contributed by atoms with Crippen LogP contribution in [0.3, 0.4) is 0 Å². The van der Waals surface area contributed by atoms with Crippen molar-refractivity contribution in [3.8, 4) is 0 Å². The Morgan fingerprint density at radius 2 is 1.38 bits per heavy atom. The molecular weight excluding hydrogens is 718 g/mol. The summed E-state index contributed by atoms with van der Waals surface area (Å²) in [4.78, 5) is 28.6. The Bertz CT molecular complexity index is 1490. The highest BCUT2D eigenvalue weighted by atomic mass is 35.6. The van der Waals surface area contributed by atoms with Crippen LogP contribution >= 0.6 is 34.8 Å². The summed E-state index contributed by atoms with van der Waals surface area (Å²) >= 11 is 17.9. The predicted octanol–water partition coefficient (Wildman–Crippen LogP) is 10.3. The highest BCUT2D eigenvalue weighted by Gasteiger charge is 2.51. The van der Waals surface area contributed by atoms with E-state index in [0.29, 0.717) is 37.1 Å². The van der Waals surface area contributed by atoms with E-state index in [-0.39, 0.29) is 29.7 Å². The number of rotatable bonds is 5. The monoisotopic (exact) mass is 742 g/mol. The normalized spacial score (nSPS) is 19.3. The number of amides is 2. The zero-order chi connectivity index (χ0) is 35.5. The summed E-state index contributed by atoms with van der Waals surface area (Å²) < 4.78 is 132. The number of fused-ring (bicyclic) bond motifs is 1. The van der Waals surface area contributed by atoms with Gasteiger partial charge in [-0.05, 0) is 86.6 Å². The molecule has 1 fully saturated rings. The number of ether oxygens (including phenoxy) is 2. The minimum absolute atomic E-state index is 0.0944. The van der Waals surface area contributed by atoms with Gasteiger partial charge in [0.1, 0.15) is 0 Å². The number of hydrogen-bond donors (Lipinski definition) is 0. The van der Waals surface area contributed by atoms with Gasteiger partial charge in [0.25, 0.3) is 0 Å². The number of methoxy groups -OCH3 is 1. The van der Waals surface area contributed by atoms with Crippen molar-refractivity contribution < 1.29 is 58.6 Å². The molecule has 1 heterocycles. The van der Waals surface area contributed by atoms with Gasteiger partial charge in [0.15, 0.2) is 5.60 Å². The minimum Gasteiger partial charge on any atom is -0.453 e. The first-order chi connectivity index (χ1) is 21.3. The molecule has 2 atom stereocenters. The van der Waals surface area contributed by atoms with E-state index in [1.54, 1.807) is 0 Å². The molecule has 6 nitrogen and oxygen atoms in total. The van der Waals surface area contributed by atoms with Crippen LogP contribution in [0.4, 0.5) is 54.8 Å². The lowest BCUT2D eigenvalue weighted by molar-refractivity contribution is -0.143. The number of nitrogens with zero attached hydrogens (tertiary/aromatic N) is 2. The molecule has 47 heavy (non-hydrogen) atoms. The summed E-state index contributed by atoms with van der Waals surface area (Å²) in [5.74, 6) is -0.263. The second-order valence-corrected chi connectivity index (χ2v) is 14.0. The maximum Gasteiger partial charge on any atom is 0.416 e. The van der Waals surface area contributed by atoms with Gasteiger partial charge in [-0.2, -0.15) is 39.5 Å². The molecule has 260 valence electrons. The van der Waals surface area contributed by atoms with Crippen molar-refractivity contribution in [1.29, 1.82) is 0 Å². The fourth-order valence-electron chi connectivity index (χ4n) is 5.32. The fraction of sp³-hybridized carbons (Fsp3) is 0.517. The Morgan fingerprint density at radius 1 is 0.851 bits per heavy atom. The maximum absolute atomic E-state index is 13.9. The second kappa shape index (κ2) is 12.6. The van der Waals surface area contributed by atoms with Crippen LogP contribution < -0.4 is 4.90 Å². The van der Waals surface area contributed by atoms with E-state index in [2.05, 4.69) is 0 Å². The summed E-state index contributed by atoms with van der Waals surface area (Å²) in [6.07, 6.45) is -16.9. The molecular formula is C29H26Cl3F9N2O4. The van der Waals surface area contributed by atoms with E-state index in [4.69, 9.17) is 44.3 Å². The zero-order valence-electron chi connectivity index (χ0n) is 24.6. The van der Waals surface area contributed by atoms with Crippen LogP contribution in [0.1, 0.15) is 67.0 Å². The highest BCUT2D eigenvalue weighted by Crippen LogP contribution is 2.51. The Morgan fingerprint density at radius 3 is 1.83 bits per heavy atom. The molecule has 0 aromatic heterocycles. The highest BCUT2D eigenvalue weighted by molar-refractivity contribution is 6.68. The minimum atomic E-state index is -5.20. The molecule has 2 aromatic rings. The number of anilines is 1. The van der Waals surface area contributed by atoms with Crippen molar-refractivity contribution >= 4 is 52.7 Å². The van der Waals surface area contributed by atoms with Gasteiger partial charge >= 0.3 is 30.7 Å². The Kier molecular flexibility index (Phi) is 9.92. The van der Waals surface area contributed by atoms with Crippen LogP contribution in [0.15, 0.2) is 36.4 Å². The lowest BCUT2D eigenvalue weighted by Crippen LogP contribution is -2.53. The summed E-state index contributed by atoms with van der Waals surface area (Å²) in [7, 11) is 0.888. The van der Waals surface area contributed by atoms with Gasteiger partial charge < -0.3 is 9.47 Å². The molecule has 0 radical (unpaired) electrons. The molecule has 4 rings (SSSR count). The van der Waals surface area contributed by atoms with Crippen molar-refractivity contribution in [2.45, 2.75) is 79.7 Å². The molecule has 0 bridgehead atoms. The molecule has 0 N–H and O–H groups in total. The average Bonchev–Trinajstić information content (AvgIpc) is 3.77. The first-order valence-corrected chi connectivity index (χ1v) is 14.9. The van der Waals surface area contributed by atoms with E-state index in [9.17, 15) is 49.1 Å². The van der Waals surface area contributed by atoms with Crippen molar-refractivity contribution in [1.82, 2.24) is 4.90 Å². The van der Waals surface area contributed by atoms with E-state index in [0.717, 1.165) is 23.0 Å². The third-order valence-corrected chi connectivity index (χ3v) is 9.31. The van der Waals surface area contributed by atoms with Crippen LogP contribution in [0.5, 0.6) is 0 Å². The number of benzene rings is 2. The van der Waals surface area contributed by atoms with Gasteiger partial charge in [-0.15, -0.1) is 0 Å². The van der Waals surface area contributed by atoms with Crippen molar-refractivity contribution in [2.24, 2.45) is 5.92 Å². The number of hydrogen-bond acceptors (Lipinski definition) is 4. The Hall–Kier alpha value is -2.78. The molecule has 2 aliphatic rings. The smallest absolute Gasteiger partial charge is 0.416 e. The number of alkyl halides is 12. The van der Waals surface area contributed by atoms with E-state index in [1.807, 2.05) is 0 Å². The van der Waals surface area contributed by atoms with Crippen LogP contribution in [-0.4, -0.2) is 39.6 Å². The standard InChI is InChI=1S/C29H26Cl3F9N2O4/c1-25(2,29(30,31)32)47-24(45)43-20-7-6-16(26(33,34)35)11-19(20)22(12-21(43)15-4-5-15)42(23(44)46-3)13-14-8-17(27(36,37)38)10-18(9-14)28(39,40)41/h6-11,15,21-22H,4-5,12-13H2,1-3H3. The number of carbonyl (C=O) groups is 2. The topological polar surface area (TPSA) is 59.1 Å². The van der Waals surface area contributed by atoms with Crippen LogP contribution in [0.25, 0.3) is 0 Å². The van der Waals surface area contributed by atoms with Crippen LogP contribution in [0.2, 0.25) is 0 Å². The summed E-state index contributed by atoms with van der Waals surface area (Å²) in [6.45, 7) is 1.64. The summed E-state index contributed by atoms with van der Waals surface area (Å²) in [5.41, 5.74) is -7.35. The van der Waals surface area contributed by atoms with Gasteiger partial charge in [-0.3, -0.25) is 9.80 Å². The van der Waals surface area contributed by atoms with Gasteiger partial charge in [0.2, 0.25) is 3.79 Å². The molecule has 0 saturated heterocycles. The third kappa shape index (κ3) is 8.10. The quantitative estimate of drug-likeness (QED) is 0.226. The molecule has 1 aliphatic heterocycles. The predicted molar refractivity (Wildman–Crippen MR) is 153 cm³/mol. The largest absolute Gasteiger partial charge is 0.453 e. The van der Waals surface area contributed by atoms with E-state index >= 15 is 0 Å². The molecule has 2 unspecified atom stereocenters. The summed E-state index contributed by atoms with van der Waals surface area (Å²) in [5, 5.41) is 0. The Labute approximate surface area is 277 Å². The molecule has 18 heteroatoms. The Balaban J connectivity index is 1.89. The lowest BCUT2D eigenvalue weighted by atomic mass is 9.86. The molecule has 2 amide bonds. The second-order valence-electron chi connectivity index (χ2n) is 11.7. The lowest BCUT2D eigenvalue weighted by Gasteiger charge is -2.45. The molecule has 2 aromatic carbocycles. The van der Waals surface area contributed by atoms with Crippen molar-refractivity contribution in [3.05, 3.63) is 64.2 Å². The first kappa shape index (κ1) is 37.0. The number of carbonyl (C=O) groups excluding carboxylic acids is 2. The number of halogens is 12. The van der Waals surface area contributed by atoms with Gasteiger partial charge in [-0.25, -0.2) is 9.59 Å². The van der Waals surface area contributed by atoms with E-state index in [1.165, 1.54) is 13.8 Å². The molecule has 1 aliphatic carbocycles. The summed E-state index contributed by atoms with van der Waals surface area (Å²) in [6, 6.07) is 0.724. The third-order valence-electron chi connectivity index (χ3n) is 7.94. The SMILES string of the molecule is COC(=O)N(Cc1cc(C(F)(F)F)cc(C(F)(F)F)c1)C1CC(C2CC2)N(C(=O)OC(C)(C)C(Cl)(Cl)Cl)c2ccc(C(F)(F)F)cc21. The average molecular weight is 744 g/mol.